The minimum atomic E-state index is -3.26. The zero-order valence-electron chi connectivity index (χ0n) is 15.3. The zero-order chi connectivity index (χ0) is 18.9. The Balaban J connectivity index is 1.80. The molecule has 1 heterocycles. The highest BCUT2D eigenvalue weighted by Crippen LogP contribution is 2.25. The van der Waals surface area contributed by atoms with E-state index in [2.05, 4.69) is 11.4 Å². The van der Waals surface area contributed by atoms with Crippen LogP contribution in [-0.4, -0.2) is 26.6 Å². The van der Waals surface area contributed by atoms with Crippen molar-refractivity contribution in [1.82, 2.24) is 5.32 Å². The van der Waals surface area contributed by atoms with E-state index in [0.29, 0.717) is 24.2 Å². The fourth-order valence-corrected chi connectivity index (χ4v) is 4.87. The van der Waals surface area contributed by atoms with Crippen LogP contribution in [0.15, 0.2) is 42.5 Å². The van der Waals surface area contributed by atoms with Crippen LogP contribution in [0, 0.1) is 13.8 Å². The summed E-state index contributed by atoms with van der Waals surface area (Å²) in [6, 6.07) is 12.8. The van der Waals surface area contributed by atoms with E-state index in [4.69, 9.17) is 0 Å². The second-order valence-electron chi connectivity index (χ2n) is 6.85. The third-order valence-corrected chi connectivity index (χ3v) is 6.61. The van der Waals surface area contributed by atoms with E-state index in [1.807, 2.05) is 32.9 Å². The summed E-state index contributed by atoms with van der Waals surface area (Å²) in [5, 5.41) is 3.01. The van der Waals surface area contributed by atoms with Gasteiger partial charge in [0, 0.05) is 12.1 Å². The highest BCUT2D eigenvalue weighted by molar-refractivity contribution is 7.93. The van der Waals surface area contributed by atoms with Crippen LogP contribution >= 0.6 is 0 Å². The Hall–Kier alpha value is -2.34. The number of hydrogen-bond donors (Lipinski definition) is 1. The molecule has 0 saturated carbocycles. The number of anilines is 1. The third kappa shape index (κ3) is 3.75. The maximum absolute atomic E-state index is 12.7. The van der Waals surface area contributed by atoms with Crippen molar-refractivity contribution in [1.29, 1.82) is 0 Å². The Morgan fingerprint density at radius 1 is 1.15 bits per heavy atom. The van der Waals surface area contributed by atoms with Crippen molar-refractivity contribution in [2.75, 3.05) is 16.6 Å². The van der Waals surface area contributed by atoms with E-state index in [1.165, 1.54) is 4.31 Å². The van der Waals surface area contributed by atoms with Crippen molar-refractivity contribution in [3.63, 3.8) is 0 Å². The highest BCUT2D eigenvalue weighted by atomic mass is 32.2. The standard InChI is InChI=1S/C20H24N2O3S/c1-14-8-9-15(2)19(12-14)16(3)21-20(23)17-6-4-7-18(13-17)22-10-5-11-26(22,24)25/h4,6-9,12-13,16H,5,10-11H2,1-3H3,(H,21,23). The van der Waals surface area contributed by atoms with E-state index >= 15 is 0 Å². The molecule has 0 aliphatic carbocycles. The van der Waals surface area contributed by atoms with E-state index in [1.54, 1.807) is 24.3 Å². The summed E-state index contributed by atoms with van der Waals surface area (Å²) in [6.07, 6.45) is 0.614. The SMILES string of the molecule is Cc1ccc(C)c(C(C)NC(=O)c2cccc(N3CCCS3(=O)=O)c2)c1. The molecule has 1 aliphatic rings. The molecule has 0 bridgehead atoms. The summed E-state index contributed by atoms with van der Waals surface area (Å²) in [5.74, 6) is -0.0514. The van der Waals surface area contributed by atoms with Gasteiger partial charge in [0.25, 0.3) is 5.91 Å². The summed E-state index contributed by atoms with van der Waals surface area (Å²) >= 11 is 0. The molecule has 1 aliphatic heterocycles. The first kappa shape index (κ1) is 18.5. The maximum Gasteiger partial charge on any atom is 0.251 e. The van der Waals surface area contributed by atoms with Crippen molar-refractivity contribution >= 4 is 21.6 Å². The topological polar surface area (TPSA) is 66.5 Å². The Morgan fingerprint density at radius 2 is 1.92 bits per heavy atom. The third-order valence-electron chi connectivity index (χ3n) is 4.74. The maximum atomic E-state index is 12.7. The molecule has 0 aromatic heterocycles. The summed E-state index contributed by atoms with van der Waals surface area (Å²) in [7, 11) is -3.26. The molecule has 1 fully saturated rings. The molecule has 138 valence electrons. The number of carbonyl (C=O) groups excluding carboxylic acids is 1. The Kier molecular flexibility index (Phi) is 5.05. The monoisotopic (exact) mass is 372 g/mol. The molecule has 1 unspecified atom stereocenters. The predicted molar refractivity (Wildman–Crippen MR) is 104 cm³/mol. The van der Waals surface area contributed by atoms with Crippen molar-refractivity contribution in [3.8, 4) is 0 Å². The lowest BCUT2D eigenvalue weighted by atomic mass is 9.99. The Morgan fingerprint density at radius 3 is 2.62 bits per heavy atom. The molecule has 5 nitrogen and oxygen atoms in total. The van der Waals surface area contributed by atoms with E-state index in [0.717, 1.165) is 16.7 Å². The van der Waals surface area contributed by atoms with Crippen LogP contribution in [0.4, 0.5) is 5.69 Å². The van der Waals surface area contributed by atoms with Gasteiger partial charge in [-0.1, -0.05) is 29.8 Å². The quantitative estimate of drug-likeness (QED) is 0.895. The van der Waals surface area contributed by atoms with Crippen molar-refractivity contribution in [2.45, 2.75) is 33.2 Å². The van der Waals surface area contributed by atoms with Crippen LogP contribution in [0.2, 0.25) is 0 Å². The largest absolute Gasteiger partial charge is 0.346 e. The van der Waals surface area contributed by atoms with Crippen LogP contribution in [0.5, 0.6) is 0 Å². The minimum Gasteiger partial charge on any atom is -0.346 e. The fourth-order valence-electron chi connectivity index (χ4n) is 3.32. The van der Waals surface area contributed by atoms with Crippen LogP contribution < -0.4 is 9.62 Å². The van der Waals surface area contributed by atoms with Gasteiger partial charge in [0.1, 0.15) is 0 Å². The van der Waals surface area contributed by atoms with Crippen molar-refractivity contribution in [3.05, 3.63) is 64.7 Å². The zero-order valence-corrected chi connectivity index (χ0v) is 16.1. The van der Waals surface area contributed by atoms with Crippen LogP contribution in [0.25, 0.3) is 0 Å². The Labute approximate surface area is 155 Å². The van der Waals surface area contributed by atoms with Crippen LogP contribution in [0.3, 0.4) is 0 Å². The minimum absolute atomic E-state index is 0.137. The van der Waals surface area contributed by atoms with Gasteiger partial charge >= 0.3 is 0 Å². The van der Waals surface area contributed by atoms with Gasteiger partial charge in [-0.05, 0) is 56.5 Å². The molecule has 1 amide bonds. The number of sulfonamides is 1. The van der Waals surface area contributed by atoms with Crippen LogP contribution in [-0.2, 0) is 10.0 Å². The molecular formula is C20H24N2O3S. The molecule has 1 atom stereocenters. The first-order valence-corrected chi connectivity index (χ1v) is 10.4. The normalized spacial score (nSPS) is 17.1. The van der Waals surface area contributed by atoms with Crippen molar-refractivity contribution < 1.29 is 13.2 Å². The first-order valence-electron chi connectivity index (χ1n) is 8.76. The summed E-state index contributed by atoms with van der Waals surface area (Å²) in [5.41, 5.74) is 4.36. The van der Waals surface area contributed by atoms with Crippen molar-refractivity contribution in [2.24, 2.45) is 0 Å². The summed E-state index contributed by atoms with van der Waals surface area (Å²) < 4.78 is 25.6. The molecule has 0 spiro atoms. The van der Waals surface area contributed by atoms with E-state index in [9.17, 15) is 13.2 Å². The molecule has 2 aromatic rings. The number of benzene rings is 2. The van der Waals surface area contributed by atoms with Gasteiger partial charge in [0.15, 0.2) is 0 Å². The molecule has 2 aromatic carbocycles. The second-order valence-corrected chi connectivity index (χ2v) is 8.86. The lowest BCUT2D eigenvalue weighted by Gasteiger charge is -2.19. The number of aryl methyl sites for hydroxylation is 2. The second kappa shape index (κ2) is 7.11. The number of rotatable bonds is 4. The number of hydrogen-bond acceptors (Lipinski definition) is 3. The number of carbonyl (C=O) groups is 1. The molecule has 6 heteroatoms. The van der Waals surface area contributed by atoms with E-state index < -0.39 is 10.0 Å². The first-order chi connectivity index (χ1) is 12.3. The smallest absolute Gasteiger partial charge is 0.251 e. The lowest BCUT2D eigenvalue weighted by Crippen LogP contribution is -2.28. The Bertz CT molecular complexity index is 938. The number of amides is 1. The lowest BCUT2D eigenvalue weighted by molar-refractivity contribution is 0.0940. The molecule has 1 N–H and O–H groups in total. The van der Waals surface area contributed by atoms with Gasteiger partial charge in [0.05, 0.1) is 17.5 Å². The molecule has 26 heavy (non-hydrogen) atoms. The van der Waals surface area contributed by atoms with Gasteiger partial charge in [-0.2, -0.15) is 0 Å². The summed E-state index contributed by atoms with van der Waals surface area (Å²) in [4.78, 5) is 12.7. The van der Waals surface area contributed by atoms with Gasteiger partial charge < -0.3 is 5.32 Å². The number of nitrogens with zero attached hydrogens (tertiary/aromatic N) is 1. The van der Waals surface area contributed by atoms with Gasteiger partial charge in [-0.25, -0.2) is 8.42 Å². The average Bonchev–Trinajstić information content (AvgIpc) is 2.96. The predicted octanol–water partition coefficient (Wildman–Crippen LogP) is 3.33. The van der Waals surface area contributed by atoms with E-state index in [-0.39, 0.29) is 17.7 Å². The van der Waals surface area contributed by atoms with Gasteiger partial charge in [0.2, 0.25) is 10.0 Å². The molecule has 3 rings (SSSR count). The fraction of sp³-hybridized carbons (Fsp3) is 0.350. The molecule has 1 saturated heterocycles. The van der Waals surface area contributed by atoms with Gasteiger partial charge in [-0.3, -0.25) is 9.10 Å². The number of nitrogens with one attached hydrogen (secondary N) is 1. The summed E-state index contributed by atoms with van der Waals surface area (Å²) in [6.45, 7) is 6.47. The van der Waals surface area contributed by atoms with Crippen LogP contribution in [0.1, 0.15) is 46.4 Å². The highest BCUT2D eigenvalue weighted by Gasteiger charge is 2.28. The molecule has 0 radical (unpaired) electrons. The average molecular weight is 372 g/mol. The van der Waals surface area contributed by atoms with Gasteiger partial charge in [-0.15, -0.1) is 0 Å². The molecular weight excluding hydrogens is 348 g/mol.